The van der Waals surface area contributed by atoms with E-state index in [0.717, 1.165) is 55.7 Å². The molecule has 1 fully saturated rings. The molecule has 4 rings (SSSR count). The summed E-state index contributed by atoms with van der Waals surface area (Å²) in [6, 6.07) is 11.0. The highest BCUT2D eigenvalue weighted by atomic mass is 15.3. The number of piperazine rings is 1. The summed E-state index contributed by atoms with van der Waals surface area (Å²) in [5, 5.41) is 12.2. The Balaban J connectivity index is 1.46. The van der Waals surface area contributed by atoms with E-state index in [1.165, 1.54) is 5.69 Å². The summed E-state index contributed by atoms with van der Waals surface area (Å²) in [6.45, 7) is 9.98. The first kappa shape index (κ1) is 20.2. The van der Waals surface area contributed by atoms with Crippen molar-refractivity contribution in [3.63, 3.8) is 0 Å². The lowest BCUT2D eigenvalue weighted by atomic mass is 10.2. The number of hydrogen-bond acceptors (Lipinski definition) is 5. The van der Waals surface area contributed by atoms with Crippen LogP contribution < -0.4 is 10.2 Å². The highest BCUT2D eigenvalue weighted by molar-refractivity contribution is 5.77. The van der Waals surface area contributed by atoms with Gasteiger partial charge in [-0.2, -0.15) is 4.98 Å². The molecule has 0 atom stereocenters. The number of benzene rings is 1. The molecule has 158 valence electrons. The van der Waals surface area contributed by atoms with Gasteiger partial charge >= 0.3 is 0 Å². The second-order valence-electron chi connectivity index (χ2n) is 7.90. The van der Waals surface area contributed by atoms with E-state index in [1.807, 2.05) is 13.1 Å². The SMILES string of the molecule is CCC(CC)n1ccc2cnc(Nc3ccc(N4CCN(C(C)=N)CC4)cc3)nc21. The van der Waals surface area contributed by atoms with Crippen LogP contribution in [0.25, 0.3) is 11.0 Å². The van der Waals surface area contributed by atoms with Crippen LogP contribution in [-0.2, 0) is 0 Å². The van der Waals surface area contributed by atoms with Gasteiger partial charge in [0.1, 0.15) is 5.65 Å². The maximum atomic E-state index is 7.78. The maximum Gasteiger partial charge on any atom is 0.229 e. The molecular weight excluding hydrogens is 374 g/mol. The minimum absolute atomic E-state index is 0.460. The second kappa shape index (κ2) is 8.73. The van der Waals surface area contributed by atoms with E-state index in [9.17, 15) is 0 Å². The molecule has 0 radical (unpaired) electrons. The van der Waals surface area contributed by atoms with Crippen molar-refractivity contribution in [1.82, 2.24) is 19.4 Å². The third kappa shape index (κ3) is 4.10. The fraction of sp³-hybridized carbons (Fsp3) is 0.435. The number of anilines is 3. The first-order valence-electron chi connectivity index (χ1n) is 10.8. The van der Waals surface area contributed by atoms with Crippen molar-refractivity contribution in [3.05, 3.63) is 42.7 Å². The molecule has 30 heavy (non-hydrogen) atoms. The molecule has 3 heterocycles. The standard InChI is InChI=1S/C23H31N7/c1-4-20(5-2)30-11-10-18-16-25-23(27-22(18)30)26-19-6-8-21(9-7-19)29-14-12-28(13-15-29)17(3)24/h6-11,16,20,24H,4-5,12-15H2,1-3H3,(H,25,26,27). The molecule has 0 spiro atoms. The van der Waals surface area contributed by atoms with Crippen LogP contribution in [0.15, 0.2) is 42.7 Å². The Morgan fingerprint density at radius 3 is 2.40 bits per heavy atom. The third-order valence-electron chi connectivity index (χ3n) is 6.03. The lowest BCUT2D eigenvalue weighted by Crippen LogP contribution is -2.47. The zero-order valence-electron chi connectivity index (χ0n) is 18.1. The zero-order chi connectivity index (χ0) is 21.1. The molecular formula is C23H31N7. The van der Waals surface area contributed by atoms with Crippen molar-refractivity contribution in [3.8, 4) is 0 Å². The Morgan fingerprint density at radius 1 is 1.07 bits per heavy atom. The fourth-order valence-corrected chi connectivity index (χ4v) is 4.16. The van der Waals surface area contributed by atoms with E-state index < -0.39 is 0 Å². The van der Waals surface area contributed by atoms with Gasteiger partial charge in [-0.05, 0) is 50.1 Å². The van der Waals surface area contributed by atoms with Gasteiger partial charge in [0.05, 0.1) is 5.84 Å². The number of nitrogens with one attached hydrogen (secondary N) is 2. The van der Waals surface area contributed by atoms with Crippen LogP contribution in [0.5, 0.6) is 0 Å². The molecule has 3 aromatic rings. The Labute approximate surface area is 178 Å². The van der Waals surface area contributed by atoms with E-state index >= 15 is 0 Å². The highest BCUT2D eigenvalue weighted by Gasteiger charge is 2.17. The minimum Gasteiger partial charge on any atom is -0.368 e. The van der Waals surface area contributed by atoms with Crippen LogP contribution in [0.1, 0.15) is 39.7 Å². The molecule has 1 saturated heterocycles. The van der Waals surface area contributed by atoms with Gasteiger partial charge in [-0.1, -0.05) is 13.8 Å². The van der Waals surface area contributed by atoms with E-state index in [-0.39, 0.29) is 0 Å². The van der Waals surface area contributed by atoms with E-state index in [4.69, 9.17) is 10.4 Å². The molecule has 1 aliphatic heterocycles. The van der Waals surface area contributed by atoms with Crippen molar-refractivity contribution >= 4 is 34.2 Å². The molecule has 2 aromatic heterocycles. The molecule has 0 unspecified atom stereocenters. The maximum absolute atomic E-state index is 7.78. The smallest absolute Gasteiger partial charge is 0.229 e. The molecule has 0 saturated carbocycles. The van der Waals surface area contributed by atoms with E-state index in [2.05, 4.69) is 75.0 Å². The topological polar surface area (TPSA) is 73.1 Å². The van der Waals surface area contributed by atoms with Crippen molar-refractivity contribution in [1.29, 1.82) is 5.41 Å². The minimum atomic E-state index is 0.460. The summed E-state index contributed by atoms with van der Waals surface area (Å²) in [6.07, 6.45) is 6.18. The Bertz CT molecular complexity index is 996. The first-order chi connectivity index (χ1) is 14.6. The number of aromatic nitrogens is 3. The van der Waals surface area contributed by atoms with Gasteiger partial charge in [0, 0.05) is 61.4 Å². The molecule has 1 aliphatic rings. The van der Waals surface area contributed by atoms with Gasteiger partial charge in [0.2, 0.25) is 5.95 Å². The summed E-state index contributed by atoms with van der Waals surface area (Å²) < 4.78 is 2.26. The second-order valence-corrected chi connectivity index (χ2v) is 7.90. The summed E-state index contributed by atoms with van der Waals surface area (Å²) >= 11 is 0. The van der Waals surface area contributed by atoms with Crippen LogP contribution in [0.4, 0.5) is 17.3 Å². The Kier molecular flexibility index (Phi) is 5.88. The van der Waals surface area contributed by atoms with Crippen LogP contribution >= 0.6 is 0 Å². The number of rotatable bonds is 6. The van der Waals surface area contributed by atoms with Crippen molar-refractivity contribution in [2.75, 3.05) is 36.4 Å². The van der Waals surface area contributed by atoms with Gasteiger partial charge in [0.25, 0.3) is 0 Å². The lowest BCUT2D eigenvalue weighted by Gasteiger charge is -2.36. The predicted molar refractivity (Wildman–Crippen MR) is 124 cm³/mol. The van der Waals surface area contributed by atoms with Gasteiger partial charge in [-0.25, -0.2) is 4.98 Å². The monoisotopic (exact) mass is 405 g/mol. The first-order valence-corrected chi connectivity index (χ1v) is 10.8. The summed E-state index contributed by atoms with van der Waals surface area (Å²) in [7, 11) is 0. The van der Waals surface area contributed by atoms with Crippen molar-refractivity contribution < 1.29 is 0 Å². The number of nitrogens with zero attached hydrogens (tertiary/aromatic N) is 5. The third-order valence-corrected chi connectivity index (χ3v) is 6.03. The highest BCUT2D eigenvalue weighted by Crippen LogP contribution is 2.25. The van der Waals surface area contributed by atoms with Crippen molar-refractivity contribution in [2.45, 2.75) is 39.7 Å². The molecule has 0 amide bonds. The van der Waals surface area contributed by atoms with Crippen LogP contribution in [0, 0.1) is 5.41 Å². The molecule has 7 nitrogen and oxygen atoms in total. The van der Waals surface area contributed by atoms with Gasteiger partial charge < -0.3 is 19.7 Å². The molecule has 7 heteroatoms. The summed E-state index contributed by atoms with van der Waals surface area (Å²) in [4.78, 5) is 13.8. The number of amidine groups is 1. The lowest BCUT2D eigenvalue weighted by molar-refractivity contribution is 0.382. The largest absolute Gasteiger partial charge is 0.368 e. The van der Waals surface area contributed by atoms with Crippen molar-refractivity contribution in [2.24, 2.45) is 0 Å². The normalized spacial score (nSPS) is 14.5. The summed E-state index contributed by atoms with van der Waals surface area (Å²) in [5.41, 5.74) is 3.17. The fourth-order valence-electron chi connectivity index (χ4n) is 4.16. The van der Waals surface area contributed by atoms with Gasteiger partial charge in [-0.15, -0.1) is 0 Å². The summed E-state index contributed by atoms with van der Waals surface area (Å²) in [5.74, 6) is 1.28. The Hall–Kier alpha value is -3.09. The number of hydrogen-bond donors (Lipinski definition) is 2. The van der Waals surface area contributed by atoms with Crippen LogP contribution in [0.2, 0.25) is 0 Å². The van der Waals surface area contributed by atoms with Gasteiger partial charge in [-0.3, -0.25) is 5.41 Å². The van der Waals surface area contributed by atoms with E-state index in [0.29, 0.717) is 17.8 Å². The van der Waals surface area contributed by atoms with Crippen LogP contribution in [-0.4, -0.2) is 51.4 Å². The zero-order valence-corrected chi connectivity index (χ0v) is 18.1. The predicted octanol–water partition coefficient (Wildman–Crippen LogP) is 4.66. The molecule has 2 N–H and O–H groups in total. The quantitative estimate of drug-likeness (QED) is 0.461. The van der Waals surface area contributed by atoms with Crippen LogP contribution in [0.3, 0.4) is 0 Å². The van der Waals surface area contributed by atoms with Gasteiger partial charge in [0.15, 0.2) is 0 Å². The van der Waals surface area contributed by atoms with E-state index in [1.54, 1.807) is 0 Å². The Morgan fingerprint density at radius 2 is 1.77 bits per heavy atom. The molecule has 0 aliphatic carbocycles. The average Bonchev–Trinajstić information content (AvgIpc) is 3.18. The average molecular weight is 406 g/mol. The number of fused-ring (bicyclic) bond motifs is 1. The molecule has 0 bridgehead atoms. The molecule has 1 aromatic carbocycles.